The molecule has 2 aromatic carbocycles. The summed E-state index contributed by atoms with van der Waals surface area (Å²) in [5.41, 5.74) is 5.62. The van der Waals surface area contributed by atoms with Crippen molar-refractivity contribution in [3.8, 4) is 16.9 Å². The third-order valence-corrected chi connectivity index (χ3v) is 4.92. The van der Waals surface area contributed by atoms with Crippen LogP contribution in [0.2, 0.25) is 0 Å². The van der Waals surface area contributed by atoms with Gasteiger partial charge in [0.1, 0.15) is 11.6 Å². The zero-order valence-corrected chi connectivity index (χ0v) is 15.3. The smallest absolute Gasteiger partial charge is 0.138 e. The summed E-state index contributed by atoms with van der Waals surface area (Å²) in [7, 11) is 1.65. The third kappa shape index (κ3) is 3.16. The molecule has 0 saturated heterocycles. The lowest BCUT2D eigenvalue weighted by Crippen LogP contribution is -2.15. The predicted molar refractivity (Wildman–Crippen MR) is 105 cm³/mol. The summed E-state index contributed by atoms with van der Waals surface area (Å²) in [5, 5.41) is 14.4. The maximum atomic E-state index is 13.5. The van der Waals surface area contributed by atoms with E-state index in [4.69, 9.17) is 4.74 Å². The van der Waals surface area contributed by atoms with Gasteiger partial charge in [0.2, 0.25) is 0 Å². The lowest BCUT2D eigenvalue weighted by molar-refractivity contribution is 0.200. The van der Waals surface area contributed by atoms with Crippen molar-refractivity contribution in [2.24, 2.45) is 0 Å². The average Bonchev–Trinajstić information content (AvgIpc) is 2.97. The van der Waals surface area contributed by atoms with Crippen molar-refractivity contribution in [3.05, 3.63) is 77.4 Å². The number of hydrogen-bond acceptors (Lipinski definition) is 3. The molecule has 3 aromatic rings. The highest BCUT2D eigenvalue weighted by molar-refractivity contribution is 5.96. The van der Waals surface area contributed by atoms with E-state index < -0.39 is 0 Å². The molecule has 27 heavy (non-hydrogen) atoms. The van der Waals surface area contributed by atoms with Crippen molar-refractivity contribution in [1.29, 1.82) is 0 Å². The highest BCUT2D eigenvalue weighted by atomic mass is 19.1. The summed E-state index contributed by atoms with van der Waals surface area (Å²) in [6.45, 7) is 2.60. The zero-order chi connectivity index (χ0) is 19.0. The highest BCUT2D eigenvalue weighted by Crippen LogP contribution is 2.34. The molecule has 0 unspecified atom stereocenters. The molecule has 0 fully saturated rings. The first-order valence-corrected chi connectivity index (χ1v) is 8.82. The SMILES string of the molecule is COc1ccc(-c2cccc3c(CC4=CC(F)=CNC4)cn(O)c23)cc1C. The molecule has 1 aromatic heterocycles. The Kier molecular flexibility index (Phi) is 4.36. The van der Waals surface area contributed by atoms with Crippen LogP contribution in [0.15, 0.2) is 66.3 Å². The van der Waals surface area contributed by atoms with Gasteiger partial charge in [-0.15, -0.1) is 0 Å². The quantitative estimate of drug-likeness (QED) is 0.657. The molecule has 4 rings (SSSR count). The van der Waals surface area contributed by atoms with Gasteiger partial charge in [-0.2, -0.15) is 4.73 Å². The molecule has 0 amide bonds. The number of rotatable bonds is 4. The number of nitrogens with zero attached hydrogens (tertiary/aromatic N) is 1. The predicted octanol–water partition coefficient (Wildman–Crippen LogP) is 4.75. The van der Waals surface area contributed by atoms with Gasteiger partial charge in [0.15, 0.2) is 0 Å². The molecule has 0 atom stereocenters. The summed E-state index contributed by atoms with van der Waals surface area (Å²) in [4.78, 5) is 0. The Hall–Kier alpha value is -3.21. The lowest BCUT2D eigenvalue weighted by Gasteiger charge is -2.12. The van der Waals surface area contributed by atoms with E-state index in [1.807, 2.05) is 43.3 Å². The van der Waals surface area contributed by atoms with Crippen molar-refractivity contribution in [1.82, 2.24) is 10.0 Å². The number of nitrogens with one attached hydrogen (secondary N) is 1. The number of ether oxygens (including phenoxy) is 1. The molecule has 5 heteroatoms. The molecule has 0 aliphatic carbocycles. The van der Waals surface area contributed by atoms with Crippen LogP contribution in [0.5, 0.6) is 5.75 Å². The van der Waals surface area contributed by atoms with E-state index in [9.17, 15) is 9.60 Å². The number of dihydropyridines is 1. The molecule has 2 heterocycles. The van der Waals surface area contributed by atoms with Crippen LogP contribution in [-0.4, -0.2) is 23.6 Å². The van der Waals surface area contributed by atoms with Crippen LogP contribution in [0.25, 0.3) is 22.0 Å². The summed E-state index contributed by atoms with van der Waals surface area (Å²) >= 11 is 0. The first-order valence-electron chi connectivity index (χ1n) is 8.82. The minimum absolute atomic E-state index is 0.279. The van der Waals surface area contributed by atoms with Crippen molar-refractivity contribution in [2.75, 3.05) is 13.7 Å². The number of hydrogen-bond donors (Lipinski definition) is 2. The van der Waals surface area contributed by atoms with E-state index in [0.717, 1.165) is 44.5 Å². The van der Waals surface area contributed by atoms with E-state index in [1.54, 1.807) is 19.4 Å². The van der Waals surface area contributed by atoms with E-state index in [2.05, 4.69) is 5.32 Å². The van der Waals surface area contributed by atoms with Crippen LogP contribution in [0, 0.1) is 6.92 Å². The number of halogens is 1. The monoisotopic (exact) mass is 364 g/mol. The first kappa shape index (κ1) is 17.2. The Morgan fingerprint density at radius 1 is 1.26 bits per heavy atom. The van der Waals surface area contributed by atoms with E-state index in [-0.39, 0.29) is 5.83 Å². The highest BCUT2D eigenvalue weighted by Gasteiger charge is 2.16. The van der Waals surface area contributed by atoms with Crippen molar-refractivity contribution < 1.29 is 14.3 Å². The first-order chi connectivity index (χ1) is 13.1. The molecule has 0 bridgehead atoms. The van der Waals surface area contributed by atoms with Gasteiger partial charge in [0.05, 0.1) is 12.6 Å². The van der Waals surface area contributed by atoms with E-state index in [0.29, 0.717) is 13.0 Å². The van der Waals surface area contributed by atoms with Gasteiger partial charge in [0, 0.05) is 29.9 Å². The van der Waals surface area contributed by atoms with Crippen LogP contribution >= 0.6 is 0 Å². The number of para-hydroxylation sites is 1. The Labute approximate surface area is 157 Å². The van der Waals surface area contributed by atoms with Crippen LogP contribution < -0.4 is 10.1 Å². The minimum Gasteiger partial charge on any atom is -0.496 e. The number of methoxy groups -OCH3 is 1. The Morgan fingerprint density at radius 2 is 2.11 bits per heavy atom. The second kappa shape index (κ2) is 6.83. The van der Waals surface area contributed by atoms with Crippen LogP contribution in [0.4, 0.5) is 4.39 Å². The van der Waals surface area contributed by atoms with Gasteiger partial charge in [-0.05, 0) is 53.8 Å². The number of aryl methyl sites for hydroxylation is 1. The summed E-state index contributed by atoms with van der Waals surface area (Å²) in [6.07, 6.45) is 5.20. The summed E-state index contributed by atoms with van der Waals surface area (Å²) in [6, 6.07) is 11.9. The largest absolute Gasteiger partial charge is 0.496 e. The molecule has 2 N–H and O–H groups in total. The summed E-state index contributed by atoms with van der Waals surface area (Å²) in [5.74, 6) is 0.552. The average molecular weight is 364 g/mol. The number of fused-ring (bicyclic) bond motifs is 1. The molecule has 4 nitrogen and oxygen atoms in total. The zero-order valence-electron chi connectivity index (χ0n) is 15.3. The minimum atomic E-state index is -0.279. The van der Waals surface area contributed by atoms with Gasteiger partial charge in [-0.25, -0.2) is 4.39 Å². The standard InChI is InChI=1S/C22H21FN2O2/c1-14-8-16(6-7-21(14)27-2)19-4-3-5-20-17(13-25(26)22(19)20)9-15-10-18(23)12-24-11-15/h3-8,10,12-13,24,26H,9,11H2,1-2H3. The molecule has 1 aliphatic heterocycles. The van der Waals surface area contributed by atoms with Gasteiger partial charge in [-0.3, -0.25) is 0 Å². The topological polar surface area (TPSA) is 46.4 Å². The second-order valence-electron chi connectivity index (χ2n) is 6.77. The lowest BCUT2D eigenvalue weighted by atomic mass is 9.98. The van der Waals surface area contributed by atoms with Gasteiger partial charge < -0.3 is 15.3 Å². The molecular weight excluding hydrogens is 343 g/mol. The fourth-order valence-corrected chi connectivity index (χ4v) is 3.68. The number of benzene rings is 2. The number of aromatic nitrogens is 1. The third-order valence-electron chi connectivity index (χ3n) is 4.92. The Morgan fingerprint density at radius 3 is 2.85 bits per heavy atom. The van der Waals surface area contributed by atoms with E-state index in [1.165, 1.54) is 10.9 Å². The van der Waals surface area contributed by atoms with Crippen molar-refractivity contribution >= 4 is 10.9 Å². The molecular formula is C22H21FN2O2. The molecule has 1 aliphatic rings. The van der Waals surface area contributed by atoms with E-state index >= 15 is 0 Å². The summed E-state index contributed by atoms with van der Waals surface area (Å²) < 4.78 is 20.0. The Balaban J connectivity index is 1.79. The molecule has 138 valence electrons. The van der Waals surface area contributed by atoms with Crippen molar-refractivity contribution in [3.63, 3.8) is 0 Å². The van der Waals surface area contributed by atoms with Gasteiger partial charge in [-0.1, -0.05) is 24.3 Å². The van der Waals surface area contributed by atoms with Crippen molar-refractivity contribution in [2.45, 2.75) is 13.3 Å². The molecule has 0 spiro atoms. The molecule has 0 saturated carbocycles. The maximum absolute atomic E-state index is 13.5. The van der Waals surface area contributed by atoms with Crippen LogP contribution in [0.3, 0.4) is 0 Å². The van der Waals surface area contributed by atoms with Gasteiger partial charge in [0.25, 0.3) is 0 Å². The van der Waals surface area contributed by atoms with Crippen LogP contribution in [0.1, 0.15) is 11.1 Å². The maximum Gasteiger partial charge on any atom is 0.138 e. The fourth-order valence-electron chi connectivity index (χ4n) is 3.68. The Bertz CT molecular complexity index is 1080. The number of allylic oxidation sites excluding steroid dienone is 2. The fraction of sp³-hybridized carbons (Fsp3) is 0.182. The van der Waals surface area contributed by atoms with Crippen LogP contribution in [-0.2, 0) is 6.42 Å². The molecule has 0 radical (unpaired) electrons. The second-order valence-corrected chi connectivity index (χ2v) is 6.77. The van der Waals surface area contributed by atoms with Gasteiger partial charge >= 0.3 is 0 Å². The normalized spacial score (nSPS) is 13.9.